The van der Waals surface area contributed by atoms with Crippen molar-refractivity contribution in [3.05, 3.63) is 193 Å². The van der Waals surface area contributed by atoms with Crippen molar-refractivity contribution in [2.24, 2.45) is 0 Å². The predicted molar refractivity (Wildman–Crippen MR) is 241 cm³/mol. The highest BCUT2D eigenvalue weighted by Gasteiger charge is 2.44. The van der Waals surface area contributed by atoms with Crippen molar-refractivity contribution in [1.29, 1.82) is 0 Å². The van der Waals surface area contributed by atoms with Crippen molar-refractivity contribution in [2.75, 3.05) is 34.8 Å². The Morgan fingerprint density at radius 2 is 0.935 bits per heavy atom. The minimum Gasteiger partial charge on any atom is -0.453 e. The molecule has 0 aliphatic carbocycles. The Bertz CT molecular complexity index is 2850. The molecule has 0 atom stereocenters. The van der Waals surface area contributed by atoms with Crippen LogP contribution in [0.5, 0.6) is 23.0 Å². The van der Waals surface area contributed by atoms with Crippen LogP contribution in [0.2, 0.25) is 0 Å². The van der Waals surface area contributed by atoms with Crippen LogP contribution in [0.25, 0.3) is 11.1 Å². The van der Waals surface area contributed by atoms with Crippen LogP contribution >= 0.6 is 0 Å². The maximum Gasteiger partial charge on any atom is 0.416 e. The maximum atomic E-state index is 13.5. The summed E-state index contributed by atoms with van der Waals surface area (Å²) >= 11 is 0. The van der Waals surface area contributed by atoms with Crippen molar-refractivity contribution >= 4 is 56.9 Å². The van der Waals surface area contributed by atoms with E-state index in [9.17, 15) is 13.2 Å². The first-order chi connectivity index (χ1) is 30.2. The first-order valence-corrected chi connectivity index (χ1v) is 20.7. The molecule has 1 saturated heterocycles. The number of hydrogen-bond acceptors (Lipinski definition) is 5. The molecule has 0 aromatic heterocycles. The lowest BCUT2D eigenvalue weighted by molar-refractivity contribution is -0.137. The van der Waals surface area contributed by atoms with E-state index in [1.54, 1.807) is 6.07 Å². The van der Waals surface area contributed by atoms with Crippen LogP contribution in [0.1, 0.15) is 17.0 Å². The van der Waals surface area contributed by atoms with E-state index in [0.717, 1.165) is 91.4 Å². The molecule has 0 spiro atoms. The summed E-state index contributed by atoms with van der Waals surface area (Å²) in [7, 11) is 2.26. The fourth-order valence-corrected chi connectivity index (χ4v) is 9.73. The van der Waals surface area contributed by atoms with Crippen molar-refractivity contribution in [3.63, 3.8) is 0 Å². The third-order valence-electron chi connectivity index (χ3n) is 12.9. The summed E-state index contributed by atoms with van der Waals surface area (Å²) < 4.78 is 53.6. The Labute approximate surface area is 357 Å². The van der Waals surface area contributed by atoms with Gasteiger partial charge in [-0.05, 0) is 96.6 Å². The average molecular weight is 820 g/mol. The number of rotatable bonds is 5. The van der Waals surface area contributed by atoms with Gasteiger partial charge in [0.05, 0.1) is 46.5 Å². The van der Waals surface area contributed by atoms with E-state index in [2.05, 4.69) is 102 Å². The van der Waals surface area contributed by atoms with Gasteiger partial charge in [0.15, 0.2) is 34.4 Å². The van der Waals surface area contributed by atoms with Gasteiger partial charge in [0.2, 0.25) is 0 Å². The third kappa shape index (κ3) is 5.55. The van der Waals surface area contributed by atoms with Gasteiger partial charge in [0.1, 0.15) is 5.69 Å². The lowest BCUT2D eigenvalue weighted by Gasteiger charge is -2.41. The number of para-hydroxylation sites is 8. The molecule has 4 heterocycles. The van der Waals surface area contributed by atoms with Crippen molar-refractivity contribution in [3.8, 4) is 34.1 Å². The van der Waals surface area contributed by atoms with Gasteiger partial charge in [-0.15, -0.1) is 0 Å². The van der Waals surface area contributed by atoms with Crippen LogP contribution < -0.4 is 28.7 Å². The number of fused-ring (bicyclic) bond motifs is 7. The molecule has 0 N–H and O–H groups in total. The molecular weight excluding hydrogens is 782 g/mol. The summed E-state index contributed by atoms with van der Waals surface area (Å²) in [5.74, 6) is 3.40. The maximum absolute atomic E-state index is 13.5. The van der Waals surface area contributed by atoms with Crippen LogP contribution in [0.15, 0.2) is 182 Å². The zero-order valence-electron chi connectivity index (χ0n) is 33.6. The second-order valence-electron chi connectivity index (χ2n) is 16.4. The molecule has 4 aliphatic heterocycles. The highest BCUT2D eigenvalue weighted by Crippen LogP contribution is 2.61. The van der Waals surface area contributed by atoms with Gasteiger partial charge in [-0.25, -0.2) is 4.48 Å². The summed E-state index contributed by atoms with van der Waals surface area (Å²) in [4.78, 5) is 6.58. The number of halogens is 3. The van der Waals surface area contributed by atoms with Crippen molar-refractivity contribution in [1.82, 2.24) is 4.48 Å². The number of hydrogen-bond donors (Lipinski definition) is 0. The largest absolute Gasteiger partial charge is 0.453 e. The van der Waals surface area contributed by atoms with E-state index >= 15 is 0 Å². The van der Waals surface area contributed by atoms with E-state index in [1.165, 1.54) is 17.7 Å². The predicted octanol–water partition coefficient (Wildman–Crippen LogP) is 15.0. The molecule has 0 amide bonds. The lowest BCUT2D eigenvalue weighted by atomic mass is 9.90. The van der Waals surface area contributed by atoms with E-state index in [4.69, 9.17) is 9.47 Å². The normalized spacial score (nSPS) is 15.5. The Hall–Kier alpha value is -7.49. The quantitative estimate of drug-likeness (QED) is 0.161. The molecule has 0 saturated carbocycles. The van der Waals surface area contributed by atoms with Crippen LogP contribution in [0.3, 0.4) is 0 Å². The van der Waals surface area contributed by atoms with Crippen molar-refractivity contribution < 1.29 is 22.6 Å². The molecule has 1 fully saturated rings. The van der Waals surface area contributed by atoms with Crippen LogP contribution in [-0.4, -0.2) is 20.1 Å². The Kier molecular flexibility index (Phi) is 7.92. The van der Waals surface area contributed by atoms with Crippen LogP contribution in [-0.2, 0) is 6.18 Å². The molecule has 4 aliphatic rings. The Balaban J connectivity index is 0.964. The van der Waals surface area contributed by atoms with Gasteiger partial charge in [-0.1, -0.05) is 66.7 Å². The summed E-state index contributed by atoms with van der Waals surface area (Å²) in [6.07, 6.45) is -4.37. The molecule has 12 rings (SSSR count). The first-order valence-electron chi connectivity index (χ1n) is 20.7. The van der Waals surface area contributed by atoms with Crippen molar-refractivity contribution in [2.45, 2.75) is 12.1 Å². The summed E-state index contributed by atoms with van der Waals surface area (Å²) in [5, 5.41) is 0. The van der Waals surface area contributed by atoms with Gasteiger partial charge in [-0.2, -0.15) is 13.2 Å². The monoisotopic (exact) mass is 819 g/mol. The van der Waals surface area contributed by atoms with E-state index < -0.39 is 11.7 Å². The lowest BCUT2D eigenvalue weighted by Crippen LogP contribution is -2.45. The summed E-state index contributed by atoms with van der Waals surface area (Å²) in [6.45, 7) is 1.32. The average Bonchev–Trinajstić information content (AvgIpc) is 3.54. The van der Waals surface area contributed by atoms with Gasteiger partial charge >= 0.3 is 6.18 Å². The van der Waals surface area contributed by atoms with Gasteiger partial charge in [-0.3, -0.25) is 0 Å². The molecule has 0 radical (unpaired) electrons. The van der Waals surface area contributed by atoms with E-state index in [1.807, 2.05) is 77.7 Å². The topological polar surface area (TPSA) is 28.2 Å². The molecule has 62 heavy (non-hydrogen) atoms. The Morgan fingerprint density at radius 1 is 0.484 bits per heavy atom. The highest BCUT2D eigenvalue weighted by atomic mass is 19.4. The minimum atomic E-state index is -4.37. The SMILES string of the molecule is C[N+]1(c2ccc(C3CN(c4cccc(C(F)(F)F)c4)C3)cc2)c2ccc(N3c4ccccc4Oc4ccccc43)cc2-c2cc(N3c4ccccc4Oc4ccccc43)ccc21. The van der Waals surface area contributed by atoms with Gasteiger partial charge in [0, 0.05) is 60.3 Å². The van der Waals surface area contributed by atoms with Gasteiger partial charge in [0.25, 0.3) is 0 Å². The first kappa shape index (κ1) is 36.4. The second kappa shape index (κ2) is 13.5. The molecule has 8 aromatic rings. The minimum absolute atomic E-state index is 0.214. The number of alkyl halides is 3. The fraction of sp³-hybridized carbons (Fsp3) is 0.0943. The zero-order valence-corrected chi connectivity index (χ0v) is 33.6. The van der Waals surface area contributed by atoms with Gasteiger partial charge < -0.3 is 24.2 Å². The zero-order chi connectivity index (χ0) is 41.7. The van der Waals surface area contributed by atoms with Crippen LogP contribution in [0, 0.1) is 0 Å². The van der Waals surface area contributed by atoms with E-state index in [0.29, 0.717) is 23.3 Å². The fourth-order valence-electron chi connectivity index (χ4n) is 9.73. The molecule has 6 nitrogen and oxygen atoms in total. The number of nitrogens with zero attached hydrogens (tertiary/aromatic N) is 4. The summed E-state index contributed by atoms with van der Waals surface area (Å²) in [6, 6.07) is 60.6. The molecule has 0 unspecified atom stereocenters. The highest BCUT2D eigenvalue weighted by molar-refractivity contribution is 6.02. The molecule has 302 valence electrons. The van der Waals surface area contributed by atoms with E-state index in [-0.39, 0.29) is 5.92 Å². The van der Waals surface area contributed by atoms with Crippen LogP contribution in [0.4, 0.5) is 70.0 Å². The molecule has 8 aromatic carbocycles. The summed E-state index contributed by atoms with van der Waals surface area (Å²) in [5.41, 5.74) is 12.7. The molecular formula is C53H38F3N4O2+. The standard InChI is InChI=1S/C53H38F3N4O2/c1-60(40-25-21-34(22-26-40)35-32-57(33-35)37-12-10-11-36(29-37)53(54,55)56)47-27-23-38(58-43-13-2-6-17-49(43)61-50-18-7-3-14-44(50)58)30-41(47)42-31-39(24-28-48(42)60)59-45-15-4-8-19-51(45)62-52-20-9-5-16-46(52)59/h2-31,35H,32-33H2,1H3/q+1. The number of ether oxygens (including phenoxy) is 2. The number of quaternary nitrogens is 1. The molecule has 9 heteroatoms. The second-order valence-corrected chi connectivity index (χ2v) is 16.4. The smallest absolute Gasteiger partial charge is 0.416 e. The third-order valence-corrected chi connectivity index (χ3v) is 12.9. The number of benzene rings is 8. The number of anilines is 7. The Morgan fingerprint density at radius 3 is 1.39 bits per heavy atom. The molecule has 0 bridgehead atoms.